The first-order valence-corrected chi connectivity index (χ1v) is 8.03. The van der Waals surface area contributed by atoms with Crippen molar-refractivity contribution in [3.8, 4) is 12.3 Å². The van der Waals surface area contributed by atoms with Crippen molar-refractivity contribution >= 4 is 33.8 Å². The highest BCUT2D eigenvalue weighted by Crippen LogP contribution is 2.24. The van der Waals surface area contributed by atoms with E-state index in [1.807, 2.05) is 37.6 Å². The van der Waals surface area contributed by atoms with Crippen LogP contribution >= 0.6 is 11.3 Å². The predicted octanol–water partition coefficient (Wildman–Crippen LogP) is 3.37. The minimum absolute atomic E-state index is 0.00837. The zero-order valence-corrected chi connectivity index (χ0v) is 14.1. The third kappa shape index (κ3) is 4.18. The molecule has 0 aliphatic heterocycles. The number of allylic oxidation sites excluding steroid dienone is 1. The lowest BCUT2D eigenvalue weighted by Crippen LogP contribution is -2.27. The van der Waals surface area contributed by atoms with Gasteiger partial charge in [-0.1, -0.05) is 5.92 Å². The van der Waals surface area contributed by atoms with E-state index in [1.165, 1.54) is 11.3 Å². The lowest BCUT2D eigenvalue weighted by molar-refractivity contribution is -0.116. The summed E-state index contributed by atoms with van der Waals surface area (Å²) in [5.41, 5.74) is 2.52. The van der Waals surface area contributed by atoms with E-state index in [1.54, 1.807) is 18.0 Å². The number of hydrogen-bond donors (Lipinski definition) is 1. The molecular weight excluding hydrogens is 308 g/mol. The van der Waals surface area contributed by atoms with Crippen LogP contribution in [0.15, 0.2) is 29.9 Å². The highest BCUT2D eigenvalue weighted by atomic mass is 32.1. The van der Waals surface area contributed by atoms with Gasteiger partial charge in [0.25, 0.3) is 0 Å². The maximum absolute atomic E-state index is 11.6. The van der Waals surface area contributed by atoms with Crippen molar-refractivity contribution in [2.24, 2.45) is 0 Å². The number of nitrogens with zero attached hydrogens (tertiary/aromatic N) is 3. The number of amides is 1. The first kappa shape index (κ1) is 16.7. The molecule has 0 bridgehead atoms. The Morgan fingerprint density at radius 1 is 1.48 bits per heavy atom. The summed E-state index contributed by atoms with van der Waals surface area (Å²) in [6, 6.07) is 3.64. The predicted molar refractivity (Wildman–Crippen MR) is 95.3 cm³/mol. The SMILES string of the molecule is C#Cc1ccc(N/C=C(\C)c2csc(N(CC)C(C)=O)n2)nc1. The molecule has 0 aliphatic rings. The first-order chi connectivity index (χ1) is 11.0. The van der Waals surface area contributed by atoms with Gasteiger partial charge in [0.05, 0.1) is 5.69 Å². The van der Waals surface area contributed by atoms with E-state index >= 15 is 0 Å². The number of carbonyl (C=O) groups excluding carboxylic acids is 1. The van der Waals surface area contributed by atoms with Gasteiger partial charge in [-0.2, -0.15) is 0 Å². The molecule has 0 saturated heterocycles. The minimum Gasteiger partial charge on any atom is -0.346 e. The molecule has 0 fully saturated rings. The van der Waals surface area contributed by atoms with Crippen LogP contribution in [0.4, 0.5) is 10.9 Å². The van der Waals surface area contributed by atoms with E-state index < -0.39 is 0 Å². The van der Waals surface area contributed by atoms with E-state index in [9.17, 15) is 4.79 Å². The van der Waals surface area contributed by atoms with Gasteiger partial charge in [0.1, 0.15) is 5.82 Å². The molecule has 5 nitrogen and oxygen atoms in total. The second-order valence-electron chi connectivity index (χ2n) is 4.83. The van der Waals surface area contributed by atoms with E-state index in [-0.39, 0.29) is 5.91 Å². The Labute approximate surface area is 140 Å². The lowest BCUT2D eigenvalue weighted by Gasteiger charge is -2.14. The van der Waals surface area contributed by atoms with Gasteiger partial charge < -0.3 is 5.32 Å². The van der Waals surface area contributed by atoms with Gasteiger partial charge in [-0.05, 0) is 31.6 Å². The Morgan fingerprint density at radius 3 is 2.83 bits per heavy atom. The number of rotatable bonds is 5. The van der Waals surface area contributed by atoms with Crippen LogP contribution in [0.1, 0.15) is 32.0 Å². The summed E-state index contributed by atoms with van der Waals surface area (Å²) in [4.78, 5) is 21.9. The molecule has 0 aromatic carbocycles. The quantitative estimate of drug-likeness (QED) is 0.856. The largest absolute Gasteiger partial charge is 0.346 e. The van der Waals surface area contributed by atoms with E-state index in [2.05, 4.69) is 21.2 Å². The third-order valence-corrected chi connectivity index (χ3v) is 4.05. The second kappa shape index (κ2) is 7.56. The van der Waals surface area contributed by atoms with Crippen molar-refractivity contribution in [2.75, 3.05) is 16.8 Å². The first-order valence-electron chi connectivity index (χ1n) is 7.15. The third-order valence-electron chi connectivity index (χ3n) is 3.19. The zero-order valence-electron chi connectivity index (χ0n) is 13.3. The maximum Gasteiger partial charge on any atom is 0.225 e. The maximum atomic E-state index is 11.6. The smallest absolute Gasteiger partial charge is 0.225 e. The van der Waals surface area contributed by atoms with Gasteiger partial charge in [-0.25, -0.2) is 9.97 Å². The van der Waals surface area contributed by atoms with Gasteiger partial charge >= 0.3 is 0 Å². The minimum atomic E-state index is -0.00837. The molecule has 118 valence electrons. The molecule has 2 aromatic rings. The fraction of sp³-hybridized carbons (Fsp3) is 0.235. The molecule has 2 aromatic heterocycles. The zero-order chi connectivity index (χ0) is 16.8. The van der Waals surface area contributed by atoms with Crippen LogP contribution in [0.25, 0.3) is 5.57 Å². The molecule has 1 N–H and O–H groups in total. The summed E-state index contributed by atoms with van der Waals surface area (Å²) in [6.45, 7) is 6.03. The van der Waals surface area contributed by atoms with Crippen molar-refractivity contribution < 1.29 is 4.79 Å². The highest BCUT2D eigenvalue weighted by molar-refractivity contribution is 7.14. The average molecular weight is 326 g/mol. The Morgan fingerprint density at radius 2 is 2.26 bits per heavy atom. The highest BCUT2D eigenvalue weighted by Gasteiger charge is 2.13. The van der Waals surface area contributed by atoms with E-state index in [4.69, 9.17) is 6.42 Å². The number of thiazole rings is 1. The Hall–Kier alpha value is -2.65. The fourth-order valence-corrected chi connectivity index (χ4v) is 2.87. The molecule has 1 amide bonds. The van der Waals surface area contributed by atoms with Crippen LogP contribution in [0.3, 0.4) is 0 Å². The molecule has 6 heteroatoms. The van der Waals surface area contributed by atoms with Crippen LogP contribution in [-0.4, -0.2) is 22.4 Å². The van der Waals surface area contributed by atoms with Crippen molar-refractivity contribution in [1.29, 1.82) is 0 Å². The van der Waals surface area contributed by atoms with E-state index in [0.29, 0.717) is 17.5 Å². The topological polar surface area (TPSA) is 58.1 Å². The molecule has 0 spiro atoms. The number of pyridine rings is 1. The number of nitrogens with one attached hydrogen (secondary N) is 1. The van der Waals surface area contributed by atoms with Crippen LogP contribution in [-0.2, 0) is 4.79 Å². The Balaban J connectivity index is 2.10. The standard InChI is InChI=1S/C17H18N4OS/c1-5-14-7-8-16(19-10-14)18-9-12(3)15-11-23-17(20-15)21(6-2)13(4)22/h1,7-11H,6H2,2-4H3,(H,18,19)/b12-9+. The molecular formula is C17H18N4OS. The van der Waals surface area contributed by atoms with Gasteiger partial charge in [0, 0.05) is 36.8 Å². The Bertz CT molecular complexity index is 756. The van der Waals surface area contributed by atoms with Crippen LogP contribution < -0.4 is 10.2 Å². The fourth-order valence-electron chi connectivity index (χ4n) is 1.88. The van der Waals surface area contributed by atoms with Crippen molar-refractivity contribution in [3.63, 3.8) is 0 Å². The summed E-state index contributed by atoms with van der Waals surface area (Å²) in [7, 11) is 0. The summed E-state index contributed by atoms with van der Waals surface area (Å²) in [6.07, 6.45) is 8.77. The molecule has 2 heterocycles. The molecule has 2 rings (SSSR count). The normalized spacial score (nSPS) is 11.0. The number of carbonyl (C=O) groups is 1. The molecule has 0 aliphatic carbocycles. The Kier molecular flexibility index (Phi) is 5.50. The van der Waals surface area contributed by atoms with Gasteiger partial charge in [-0.3, -0.25) is 9.69 Å². The monoisotopic (exact) mass is 326 g/mol. The molecule has 0 radical (unpaired) electrons. The molecule has 0 atom stereocenters. The van der Waals surface area contributed by atoms with Gasteiger partial charge in [0.15, 0.2) is 5.13 Å². The number of terminal acetylenes is 1. The number of anilines is 2. The number of aromatic nitrogens is 2. The van der Waals surface area contributed by atoms with Crippen LogP contribution in [0.2, 0.25) is 0 Å². The van der Waals surface area contributed by atoms with Crippen molar-refractivity contribution in [1.82, 2.24) is 9.97 Å². The molecule has 0 saturated carbocycles. The van der Waals surface area contributed by atoms with Crippen LogP contribution in [0, 0.1) is 12.3 Å². The summed E-state index contributed by atoms with van der Waals surface area (Å²) in [5, 5.41) is 5.75. The van der Waals surface area contributed by atoms with Gasteiger partial charge in [-0.15, -0.1) is 17.8 Å². The summed E-state index contributed by atoms with van der Waals surface area (Å²) in [5.74, 6) is 3.22. The molecule has 0 unspecified atom stereocenters. The van der Waals surface area contributed by atoms with Gasteiger partial charge in [0.2, 0.25) is 5.91 Å². The van der Waals surface area contributed by atoms with Crippen molar-refractivity contribution in [2.45, 2.75) is 20.8 Å². The summed E-state index contributed by atoms with van der Waals surface area (Å²) < 4.78 is 0. The lowest BCUT2D eigenvalue weighted by atomic mass is 10.2. The van der Waals surface area contributed by atoms with Crippen LogP contribution in [0.5, 0.6) is 0 Å². The molecule has 23 heavy (non-hydrogen) atoms. The number of hydrogen-bond acceptors (Lipinski definition) is 5. The summed E-state index contributed by atoms with van der Waals surface area (Å²) >= 11 is 1.45. The average Bonchev–Trinajstić information content (AvgIpc) is 3.03. The van der Waals surface area contributed by atoms with Crippen molar-refractivity contribution in [3.05, 3.63) is 41.2 Å². The van der Waals surface area contributed by atoms with E-state index in [0.717, 1.165) is 16.8 Å². The second-order valence-corrected chi connectivity index (χ2v) is 5.66.